The molecular formula is C16H23N3O2. The monoisotopic (exact) mass is 289 g/mol. The lowest BCUT2D eigenvalue weighted by Gasteiger charge is -2.32. The summed E-state index contributed by atoms with van der Waals surface area (Å²) in [6, 6.07) is 5.51. The molecular weight excluding hydrogens is 266 g/mol. The SMILES string of the molecule is Cc1ccc(NC(=O)CN2CCCC[C@H]2C(N)=O)cc1C. The fraction of sp³-hybridized carbons (Fsp3) is 0.500. The molecule has 114 valence electrons. The van der Waals surface area contributed by atoms with Gasteiger partial charge >= 0.3 is 0 Å². The van der Waals surface area contributed by atoms with Gasteiger partial charge in [0.1, 0.15) is 0 Å². The van der Waals surface area contributed by atoms with Crippen molar-refractivity contribution in [1.29, 1.82) is 0 Å². The number of hydrogen-bond donors (Lipinski definition) is 2. The molecule has 5 heteroatoms. The third kappa shape index (κ3) is 4.04. The van der Waals surface area contributed by atoms with Crippen LogP contribution in [0, 0.1) is 13.8 Å². The second-order valence-electron chi connectivity index (χ2n) is 5.73. The Morgan fingerprint density at radius 2 is 2.05 bits per heavy atom. The van der Waals surface area contributed by atoms with E-state index < -0.39 is 0 Å². The normalized spacial score (nSPS) is 19.2. The number of carbonyl (C=O) groups excluding carboxylic acids is 2. The quantitative estimate of drug-likeness (QED) is 0.883. The molecule has 1 saturated heterocycles. The van der Waals surface area contributed by atoms with Crippen LogP contribution >= 0.6 is 0 Å². The predicted octanol–water partition coefficient (Wildman–Crippen LogP) is 1.58. The summed E-state index contributed by atoms with van der Waals surface area (Å²) in [5, 5.41) is 2.88. The Hall–Kier alpha value is -1.88. The molecule has 5 nitrogen and oxygen atoms in total. The third-order valence-corrected chi connectivity index (χ3v) is 4.08. The van der Waals surface area contributed by atoms with Gasteiger partial charge in [0, 0.05) is 5.69 Å². The Morgan fingerprint density at radius 1 is 1.29 bits per heavy atom. The van der Waals surface area contributed by atoms with Crippen LogP contribution in [0.3, 0.4) is 0 Å². The lowest BCUT2D eigenvalue weighted by Crippen LogP contribution is -2.50. The van der Waals surface area contributed by atoms with Crippen LogP contribution in [-0.2, 0) is 9.59 Å². The van der Waals surface area contributed by atoms with E-state index in [1.807, 2.05) is 36.9 Å². The maximum atomic E-state index is 12.1. The molecule has 1 heterocycles. The maximum Gasteiger partial charge on any atom is 0.238 e. The minimum atomic E-state index is -0.339. The topological polar surface area (TPSA) is 75.4 Å². The van der Waals surface area contributed by atoms with E-state index in [9.17, 15) is 9.59 Å². The molecule has 1 aromatic rings. The van der Waals surface area contributed by atoms with E-state index >= 15 is 0 Å². The molecule has 0 unspecified atom stereocenters. The maximum absolute atomic E-state index is 12.1. The van der Waals surface area contributed by atoms with Crippen molar-refractivity contribution in [3.63, 3.8) is 0 Å². The van der Waals surface area contributed by atoms with Gasteiger partial charge in [0.2, 0.25) is 11.8 Å². The molecule has 1 aromatic carbocycles. The molecule has 2 amide bonds. The van der Waals surface area contributed by atoms with Gasteiger partial charge < -0.3 is 11.1 Å². The lowest BCUT2D eigenvalue weighted by molar-refractivity contribution is -0.126. The zero-order chi connectivity index (χ0) is 15.4. The predicted molar refractivity (Wildman–Crippen MR) is 83.0 cm³/mol. The van der Waals surface area contributed by atoms with E-state index in [4.69, 9.17) is 5.73 Å². The first-order valence-electron chi connectivity index (χ1n) is 7.38. The van der Waals surface area contributed by atoms with Crippen LogP contribution in [0.25, 0.3) is 0 Å². The second kappa shape index (κ2) is 6.72. The van der Waals surface area contributed by atoms with Crippen molar-refractivity contribution < 1.29 is 9.59 Å². The Bertz CT molecular complexity index is 542. The lowest BCUT2D eigenvalue weighted by atomic mass is 10.0. The molecule has 1 atom stereocenters. The summed E-state index contributed by atoms with van der Waals surface area (Å²) in [5.41, 5.74) is 8.53. The number of aryl methyl sites for hydroxylation is 2. The van der Waals surface area contributed by atoms with Gasteiger partial charge in [-0.15, -0.1) is 0 Å². The van der Waals surface area contributed by atoms with Gasteiger partial charge in [-0.1, -0.05) is 12.5 Å². The van der Waals surface area contributed by atoms with Gasteiger partial charge in [0.25, 0.3) is 0 Å². The van der Waals surface area contributed by atoms with E-state index in [0.717, 1.165) is 37.1 Å². The highest BCUT2D eigenvalue weighted by Crippen LogP contribution is 2.17. The molecule has 1 fully saturated rings. The van der Waals surface area contributed by atoms with Crippen molar-refractivity contribution in [3.8, 4) is 0 Å². The van der Waals surface area contributed by atoms with Crippen LogP contribution in [0.4, 0.5) is 5.69 Å². The Labute approximate surface area is 125 Å². The van der Waals surface area contributed by atoms with Crippen molar-refractivity contribution in [2.24, 2.45) is 5.73 Å². The molecule has 0 saturated carbocycles. The molecule has 1 aliphatic heterocycles. The number of nitrogens with zero attached hydrogens (tertiary/aromatic N) is 1. The van der Waals surface area contributed by atoms with Gasteiger partial charge in [0.15, 0.2) is 0 Å². The fourth-order valence-corrected chi connectivity index (χ4v) is 2.71. The van der Waals surface area contributed by atoms with Crippen molar-refractivity contribution >= 4 is 17.5 Å². The molecule has 0 aromatic heterocycles. The number of nitrogens with one attached hydrogen (secondary N) is 1. The van der Waals surface area contributed by atoms with E-state index in [1.165, 1.54) is 5.56 Å². The number of primary amides is 1. The summed E-state index contributed by atoms with van der Waals surface area (Å²) in [4.78, 5) is 25.5. The molecule has 0 aliphatic carbocycles. The standard InChI is InChI=1S/C16H23N3O2/c1-11-6-7-13(9-12(11)2)18-15(20)10-19-8-4-3-5-14(19)16(17)21/h6-7,9,14H,3-5,8,10H2,1-2H3,(H2,17,21)(H,18,20)/t14-/m0/s1. The molecule has 0 bridgehead atoms. The molecule has 2 rings (SSSR count). The Kier molecular flexibility index (Phi) is 4.96. The Balaban J connectivity index is 1.97. The summed E-state index contributed by atoms with van der Waals surface area (Å²) >= 11 is 0. The summed E-state index contributed by atoms with van der Waals surface area (Å²) in [6.45, 7) is 5.00. The summed E-state index contributed by atoms with van der Waals surface area (Å²) < 4.78 is 0. The number of amides is 2. The zero-order valence-corrected chi connectivity index (χ0v) is 12.7. The summed E-state index contributed by atoms with van der Waals surface area (Å²) in [6.07, 6.45) is 2.73. The van der Waals surface area contributed by atoms with Gasteiger partial charge in [-0.25, -0.2) is 0 Å². The Morgan fingerprint density at radius 3 is 2.71 bits per heavy atom. The number of anilines is 1. The van der Waals surface area contributed by atoms with E-state index in [-0.39, 0.29) is 24.4 Å². The van der Waals surface area contributed by atoms with Crippen molar-refractivity contribution in [2.75, 3.05) is 18.4 Å². The van der Waals surface area contributed by atoms with Crippen LogP contribution in [0.1, 0.15) is 30.4 Å². The van der Waals surface area contributed by atoms with E-state index in [2.05, 4.69) is 5.32 Å². The molecule has 3 N–H and O–H groups in total. The van der Waals surface area contributed by atoms with Crippen LogP contribution < -0.4 is 11.1 Å². The fourth-order valence-electron chi connectivity index (χ4n) is 2.71. The number of benzene rings is 1. The highest BCUT2D eigenvalue weighted by molar-refractivity contribution is 5.93. The van der Waals surface area contributed by atoms with Crippen molar-refractivity contribution in [3.05, 3.63) is 29.3 Å². The number of hydrogen-bond acceptors (Lipinski definition) is 3. The van der Waals surface area contributed by atoms with Crippen LogP contribution in [0.5, 0.6) is 0 Å². The highest BCUT2D eigenvalue weighted by Gasteiger charge is 2.28. The first kappa shape index (κ1) is 15.5. The molecule has 1 aliphatic rings. The van der Waals surface area contributed by atoms with Crippen LogP contribution in [0.15, 0.2) is 18.2 Å². The summed E-state index contributed by atoms with van der Waals surface area (Å²) in [7, 11) is 0. The van der Waals surface area contributed by atoms with Gasteiger partial charge in [-0.05, 0) is 56.5 Å². The van der Waals surface area contributed by atoms with Gasteiger partial charge in [-0.2, -0.15) is 0 Å². The minimum Gasteiger partial charge on any atom is -0.368 e. The number of likely N-dealkylation sites (tertiary alicyclic amines) is 1. The average Bonchev–Trinajstić information content (AvgIpc) is 2.43. The summed E-state index contributed by atoms with van der Waals surface area (Å²) in [5.74, 6) is -0.444. The van der Waals surface area contributed by atoms with Crippen molar-refractivity contribution in [1.82, 2.24) is 4.90 Å². The smallest absolute Gasteiger partial charge is 0.238 e. The number of nitrogens with two attached hydrogens (primary N) is 1. The van der Waals surface area contributed by atoms with E-state index in [1.54, 1.807) is 0 Å². The molecule has 0 spiro atoms. The highest BCUT2D eigenvalue weighted by atomic mass is 16.2. The van der Waals surface area contributed by atoms with Crippen LogP contribution in [-0.4, -0.2) is 35.8 Å². The van der Waals surface area contributed by atoms with Gasteiger partial charge in [0.05, 0.1) is 12.6 Å². The average molecular weight is 289 g/mol. The minimum absolute atomic E-state index is 0.105. The zero-order valence-electron chi connectivity index (χ0n) is 12.7. The van der Waals surface area contributed by atoms with Crippen LogP contribution in [0.2, 0.25) is 0 Å². The van der Waals surface area contributed by atoms with E-state index in [0.29, 0.717) is 0 Å². The largest absolute Gasteiger partial charge is 0.368 e. The second-order valence-corrected chi connectivity index (χ2v) is 5.73. The number of piperidine rings is 1. The molecule has 0 radical (unpaired) electrons. The first-order valence-corrected chi connectivity index (χ1v) is 7.38. The number of rotatable bonds is 4. The van der Waals surface area contributed by atoms with Gasteiger partial charge in [-0.3, -0.25) is 14.5 Å². The number of carbonyl (C=O) groups is 2. The third-order valence-electron chi connectivity index (χ3n) is 4.08. The van der Waals surface area contributed by atoms with Crippen molar-refractivity contribution in [2.45, 2.75) is 39.2 Å². The first-order chi connectivity index (χ1) is 9.97. The molecule has 21 heavy (non-hydrogen) atoms.